The van der Waals surface area contributed by atoms with E-state index >= 15 is 0 Å². The Balaban J connectivity index is 1.39. The summed E-state index contributed by atoms with van der Waals surface area (Å²) in [5, 5.41) is 7.96. The van der Waals surface area contributed by atoms with Crippen molar-refractivity contribution < 1.29 is 19.2 Å². The monoisotopic (exact) mass is 674 g/mol. The molecule has 1 heterocycles. The SMILES string of the molecule is CNC(=O)c1cc(-c2cccc(CN3OC[C@@H](I)[C@H]3C(=O)N[C@H]3C[C@H]4C[C@@H]([C@@H]3C)C4(C)C)c2OC)cc(N(C)C)c1. The van der Waals surface area contributed by atoms with E-state index in [0.717, 1.165) is 28.8 Å². The van der Waals surface area contributed by atoms with Crippen LogP contribution in [0.25, 0.3) is 11.1 Å². The van der Waals surface area contributed by atoms with E-state index in [1.807, 2.05) is 54.4 Å². The zero-order valence-corrected chi connectivity index (χ0v) is 27.3. The Morgan fingerprint density at radius 3 is 2.59 bits per heavy atom. The Bertz CT molecular complexity index is 1310. The quantitative estimate of drug-likeness (QED) is 0.307. The smallest absolute Gasteiger partial charge is 0.251 e. The van der Waals surface area contributed by atoms with Crippen LogP contribution in [0.3, 0.4) is 0 Å². The third kappa shape index (κ3) is 5.57. The van der Waals surface area contributed by atoms with E-state index < -0.39 is 0 Å². The van der Waals surface area contributed by atoms with Gasteiger partial charge in [0.25, 0.3) is 5.91 Å². The molecule has 2 amide bonds. The maximum Gasteiger partial charge on any atom is 0.251 e. The van der Waals surface area contributed by atoms with Crippen LogP contribution >= 0.6 is 22.6 Å². The fourth-order valence-corrected chi connectivity index (χ4v) is 8.06. The number of halogens is 1. The summed E-state index contributed by atoms with van der Waals surface area (Å²) in [7, 11) is 7.20. The molecule has 1 saturated heterocycles. The average Bonchev–Trinajstić information content (AvgIpc) is 3.32. The number of para-hydroxylation sites is 1. The minimum atomic E-state index is -0.389. The van der Waals surface area contributed by atoms with E-state index in [1.165, 1.54) is 6.42 Å². The largest absolute Gasteiger partial charge is 0.496 e. The molecule has 222 valence electrons. The minimum Gasteiger partial charge on any atom is -0.496 e. The Kier molecular flexibility index (Phi) is 8.61. The number of carbonyl (C=O) groups excluding carboxylic acids is 2. The lowest BCUT2D eigenvalue weighted by Gasteiger charge is -2.62. The van der Waals surface area contributed by atoms with Gasteiger partial charge in [0, 0.05) is 49.6 Å². The summed E-state index contributed by atoms with van der Waals surface area (Å²) in [5.41, 5.74) is 4.54. The molecule has 4 aliphatic rings. The molecule has 0 spiro atoms. The third-order valence-electron chi connectivity index (χ3n) is 9.86. The first-order valence-corrected chi connectivity index (χ1v) is 15.8. The van der Waals surface area contributed by atoms with Gasteiger partial charge in [0.05, 0.1) is 24.2 Å². The van der Waals surface area contributed by atoms with Crippen LogP contribution in [0.15, 0.2) is 36.4 Å². The molecule has 0 unspecified atom stereocenters. The Hall–Kier alpha value is -2.37. The van der Waals surface area contributed by atoms with Gasteiger partial charge in [-0.2, -0.15) is 5.06 Å². The Labute approximate surface area is 257 Å². The molecule has 0 aromatic heterocycles. The van der Waals surface area contributed by atoms with Crippen molar-refractivity contribution in [2.24, 2.45) is 23.2 Å². The van der Waals surface area contributed by atoms with Crippen molar-refractivity contribution in [1.29, 1.82) is 0 Å². The minimum absolute atomic E-state index is 0.0403. The third-order valence-corrected chi connectivity index (χ3v) is 10.9. The van der Waals surface area contributed by atoms with E-state index in [9.17, 15) is 9.59 Å². The summed E-state index contributed by atoms with van der Waals surface area (Å²) in [6.07, 6.45) is 2.34. The number of alkyl halides is 1. The van der Waals surface area contributed by atoms with E-state index in [1.54, 1.807) is 14.2 Å². The second-order valence-corrected chi connectivity index (χ2v) is 14.2. The van der Waals surface area contributed by atoms with Crippen LogP contribution in [0.4, 0.5) is 5.69 Å². The van der Waals surface area contributed by atoms with Crippen molar-refractivity contribution in [2.75, 3.05) is 39.8 Å². The lowest BCUT2D eigenvalue weighted by Crippen LogP contribution is -2.62. The molecular formula is C32H43IN4O4. The van der Waals surface area contributed by atoms with Gasteiger partial charge in [0.15, 0.2) is 0 Å². The topological polar surface area (TPSA) is 83.1 Å². The van der Waals surface area contributed by atoms with Crippen molar-refractivity contribution in [3.05, 3.63) is 47.5 Å². The number of ether oxygens (including phenoxy) is 1. The molecule has 3 saturated carbocycles. The van der Waals surface area contributed by atoms with Crippen LogP contribution in [-0.2, 0) is 16.2 Å². The number of methoxy groups -OCH3 is 1. The van der Waals surface area contributed by atoms with Gasteiger partial charge in [-0.1, -0.05) is 61.6 Å². The van der Waals surface area contributed by atoms with Crippen LogP contribution in [0.1, 0.15) is 49.5 Å². The van der Waals surface area contributed by atoms with Crippen LogP contribution in [0, 0.1) is 23.2 Å². The fourth-order valence-electron chi connectivity index (χ4n) is 7.21. The van der Waals surface area contributed by atoms with Crippen LogP contribution in [0.2, 0.25) is 0 Å². The molecule has 1 aliphatic heterocycles. The molecule has 41 heavy (non-hydrogen) atoms. The highest BCUT2D eigenvalue weighted by Crippen LogP contribution is 2.61. The molecule has 2 aromatic rings. The van der Waals surface area contributed by atoms with Gasteiger partial charge >= 0.3 is 0 Å². The predicted molar refractivity (Wildman–Crippen MR) is 170 cm³/mol. The fraction of sp³-hybridized carbons (Fsp3) is 0.562. The number of fused-ring (bicyclic) bond motifs is 2. The molecule has 2 bridgehead atoms. The lowest BCUT2D eigenvalue weighted by atomic mass is 9.45. The van der Waals surface area contributed by atoms with E-state index in [-0.39, 0.29) is 27.8 Å². The number of anilines is 1. The van der Waals surface area contributed by atoms with Gasteiger partial charge in [-0.3, -0.25) is 14.4 Å². The van der Waals surface area contributed by atoms with Crippen molar-refractivity contribution in [3.8, 4) is 16.9 Å². The van der Waals surface area contributed by atoms with E-state index in [2.05, 4.69) is 60.1 Å². The number of carbonyl (C=O) groups is 2. The first-order valence-electron chi connectivity index (χ1n) is 14.5. The van der Waals surface area contributed by atoms with Crippen LogP contribution < -0.4 is 20.3 Å². The number of nitrogens with zero attached hydrogens (tertiary/aromatic N) is 2. The maximum absolute atomic E-state index is 13.7. The zero-order chi connectivity index (χ0) is 29.6. The van der Waals surface area contributed by atoms with Gasteiger partial charge in [0.1, 0.15) is 11.8 Å². The highest BCUT2D eigenvalue weighted by molar-refractivity contribution is 14.1. The number of nitrogens with one attached hydrogen (secondary N) is 2. The molecule has 0 radical (unpaired) electrons. The molecule has 6 atom stereocenters. The molecule has 6 rings (SSSR count). The first-order chi connectivity index (χ1) is 19.5. The van der Waals surface area contributed by atoms with Gasteiger partial charge in [-0.15, -0.1) is 0 Å². The highest BCUT2D eigenvalue weighted by Gasteiger charge is 2.56. The molecule has 2 N–H and O–H groups in total. The summed E-state index contributed by atoms with van der Waals surface area (Å²) in [4.78, 5) is 34.3. The molecule has 9 heteroatoms. The van der Waals surface area contributed by atoms with Crippen molar-refractivity contribution in [3.63, 3.8) is 0 Å². The highest BCUT2D eigenvalue weighted by atomic mass is 127. The summed E-state index contributed by atoms with van der Waals surface area (Å²) in [6.45, 7) is 7.95. The maximum atomic E-state index is 13.7. The van der Waals surface area contributed by atoms with Crippen LogP contribution in [0.5, 0.6) is 5.75 Å². The van der Waals surface area contributed by atoms with E-state index in [4.69, 9.17) is 9.57 Å². The van der Waals surface area contributed by atoms with Crippen LogP contribution in [-0.4, -0.2) is 67.7 Å². The standard InChI is InChI=1S/C32H43IN4O4/c1-18-25-14-22(32(25,2)3)15-27(18)35-31(39)28-26(33)17-41-37(28)16-19-9-8-10-24(29(19)40-7)20-11-21(30(38)34-4)13-23(12-20)36(5)6/h8-13,18,22,25-28H,14-17H2,1-7H3,(H,34,38)(H,35,39)/t18-,22+,25-,26+,27-,28-/m0/s1. The molecule has 8 nitrogen and oxygen atoms in total. The summed E-state index contributed by atoms with van der Waals surface area (Å²) in [5.74, 6) is 2.42. The second-order valence-electron chi connectivity index (χ2n) is 12.6. The Morgan fingerprint density at radius 1 is 1.20 bits per heavy atom. The van der Waals surface area contributed by atoms with Crippen molar-refractivity contribution in [2.45, 2.75) is 56.2 Å². The van der Waals surface area contributed by atoms with Crippen molar-refractivity contribution >= 4 is 40.1 Å². The van der Waals surface area contributed by atoms with Gasteiger partial charge < -0.3 is 20.3 Å². The van der Waals surface area contributed by atoms with Gasteiger partial charge in [-0.25, -0.2) is 0 Å². The summed E-state index contributed by atoms with van der Waals surface area (Å²) in [6, 6.07) is 11.6. The summed E-state index contributed by atoms with van der Waals surface area (Å²) < 4.78 is 6.00. The number of rotatable bonds is 8. The number of hydroxylamine groups is 2. The molecule has 4 fully saturated rings. The number of amides is 2. The molecular weight excluding hydrogens is 631 g/mol. The van der Waals surface area contributed by atoms with Crippen molar-refractivity contribution in [1.82, 2.24) is 15.7 Å². The normalized spacial score (nSPS) is 28.5. The number of benzene rings is 2. The van der Waals surface area contributed by atoms with E-state index in [0.29, 0.717) is 47.6 Å². The Morgan fingerprint density at radius 2 is 1.95 bits per heavy atom. The summed E-state index contributed by atoms with van der Waals surface area (Å²) >= 11 is 2.34. The number of hydrogen-bond acceptors (Lipinski definition) is 6. The first kappa shape index (κ1) is 30.1. The molecule has 2 aromatic carbocycles. The lowest BCUT2D eigenvalue weighted by molar-refractivity contribution is -0.161. The average molecular weight is 675 g/mol. The zero-order valence-electron chi connectivity index (χ0n) is 25.2. The predicted octanol–water partition coefficient (Wildman–Crippen LogP) is 4.89. The molecule has 3 aliphatic carbocycles. The number of hydrogen-bond donors (Lipinski definition) is 2. The second kappa shape index (κ2) is 11.7. The van der Waals surface area contributed by atoms with Gasteiger partial charge in [0.2, 0.25) is 5.91 Å². The van der Waals surface area contributed by atoms with Gasteiger partial charge in [-0.05, 0) is 59.8 Å².